The zero-order valence-electron chi connectivity index (χ0n) is 19.2. The number of amides is 2. The zero-order valence-corrected chi connectivity index (χ0v) is 19.2. The Morgan fingerprint density at radius 3 is 2.29 bits per heavy atom. The van der Waals surface area contributed by atoms with Gasteiger partial charge in [0.25, 0.3) is 11.8 Å². The third kappa shape index (κ3) is 7.56. The van der Waals surface area contributed by atoms with Crippen molar-refractivity contribution in [2.75, 3.05) is 25.6 Å². The molecule has 0 aromatic heterocycles. The number of anilines is 1. The van der Waals surface area contributed by atoms with E-state index in [4.69, 9.17) is 14.2 Å². The first kappa shape index (κ1) is 25.2. The number of carbonyl (C=O) groups excluding carboxylic acids is 3. The van der Waals surface area contributed by atoms with Crippen LogP contribution in [-0.2, 0) is 14.3 Å². The fourth-order valence-electron chi connectivity index (χ4n) is 3.11. The van der Waals surface area contributed by atoms with Gasteiger partial charge in [0, 0.05) is 5.69 Å². The maximum atomic E-state index is 13.0. The standard InChI is InChI=1S/C26H25FN2O6/c1-17(18-6-4-3-5-7-18)28-24(30)16-35-26(32)19-8-13-22(23(14-19)33-2)34-15-25(31)29-21-11-9-20(27)10-12-21/h3-14,17H,15-16H2,1-2H3,(H,28,30)(H,29,31). The highest BCUT2D eigenvalue weighted by Crippen LogP contribution is 2.28. The lowest BCUT2D eigenvalue weighted by Gasteiger charge is -2.15. The smallest absolute Gasteiger partial charge is 0.338 e. The van der Waals surface area contributed by atoms with Crippen LogP contribution < -0.4 is 20.1 Å². The van der Waals surface area contributed by atoms with Gasteiger partial charge < -0.3 is 24.8 Å². The molecule has 35 heavy (non-hydrogen) atoms. The molecule has 1 unspecified atom stereocenters. The van der Waals surface area contributed by atoms with Gasteiger partial charge in [-0.3, -0.25) is 9.59 Å². The summed E-state index contributed by atoms with van der Waals surface area (Å²) in [6, 6.07) is 18.8. The summed E-state index contributed by atoms with van der Waals surface area (Å²) in [5.41, 5.74) is 1.50. The minimum Gasteiger partial charge on any atom is -0.493 e. The summed E-state index contributed by atoms with van der Waals surface area (Å²) < 4.78 is 28.8. The molecule has 0 saturated carbocycles. The maximum absolute atomic E-state index is 13.0. The Balaban J connectivity index is 1.51. The summed E-state index contributed by atoms with van der Waals surface area (Å²) in [6.07, 6.45) is 0. The summed E-state index contributed by atoms with van der Waals surface area (Å²) in [4.78, 5) is 36.6. The predicted molar refractivity (Wildman–Crippen MR) is 127 cm³/mol. The summed E-state index contributed by atoms with van der Waals surface area (Å²) in [5.74, 6) is -1.59. The van der Waals surface area contributed by atoms with Gasteiger partial charge in [0.2, 0.25) is 0 Å². The predicted octanol–water partition coefficient (Wildman–Crippen LogP) is 3.89. The van der Waals surface area contributed by atoms with Crippen LogP contribution >= 0.6 is 0 Å². The van der Waals surface area contributed by atoms with Gasteiger partial charge in [0.15, 0.2) is 24.7 Å². The van der Waals surface area contributed by atoms with Crippen LogP contribution in [0.4, 0.5) is 10.1 Å². The number of ether oxygens (including phenoxy) is 3. The van der Waals surface area contributed by atoms with Gasteiger partial charge in [-0.05, 0) is 55.0 Å². The van der Waals surface area contributed by atoms with Crippen molar-refractivity contribution in [3.63, 3.8) is 0 Å². The quantitative estimate of drug-likeness (QED) is 0.427. The van der Waals surface area contributed by atoms with Crippen LogP contribution in [0.5, 0.6) is 11.5 Å². The number of hydrogen-bond acceptors (Lipinski definition) is 6. The number of hydrogen-bond donors (Lipinski definition) is 2. The monoisotopic (exact) mass is 480 g/mol. The topological polar surface area (TPSA) is 103 Å². The van der Waals surface area contributed by atoms with Crippen molar-refractivity contribution in [2.45, 2.75) is 13.0 Å². The Morgan fingerprint density at radius 1 is 0.886 bits per heavy atom. The van der Waals surface area contributed by atoms with Crippen molar-refractivity contribution in [3.8, 4) is 11.5 Å². The highest BCUT2D eigenvalue weighted by molar-refractivity contribution is 5.93. The molecule has 0 radical (unpaired) electrons. The second-order valence-electron chi connectivity index (χ2n) is 7.49. The SMILES string of the molecule is COc1cc(C(=O)OCC(=O)NC(C)c2ccccc2)ccc1OCC(=O)Nc1ccc(F)cc1. The molecule has 3 rings (SSSR count). The average Bonchev–Trinajstić information content (AvgIpc) is 2.87. The Hall–Kier alpha value is -4.40. The number of carbonyl (C=O) groups is 3. The van der Waals surface area contributed by atoms with E-state index in [9.17, 15) is 18.8 Å². The second kappa shape index (κ2) is 12.2. The molecule has 0 spiro atoms. The van der Waals surface area contributed by atoms with Crippen molar-refractivity contribution < 1.29 is 33.0 Å². The molecule has 1 atom stereocenters. The number of esters is 1. The molecule has 0 aliphatic carbocycles. The number of methoxy groups -OCH3 is 1. The van der Waals surface area contributed by atoms with E-state index in [0.717, 1.165) is 5.56 Å². The van der Waals surface area contributed by atoms with Crippen molar-refractivity contribution in [3.05, 3.63) is 89.7 Å². The minimum absolute atomic E-state index is 0.147. The molecule has 8 nitrogen and oxygen atoms in total. The Kier molecular flexibility index (Phi) is 8.77. The molecule has 0 heterocycles. The van der Waals surface area contributed by atoms with Crippen LogP contribution in [0.25, 0.3) is 0 Å². The summed E-state index contributed by atoms with van der Waals surface area (Å²) in [6.45, 7) is 1.05. The van der Waals surface area contributed by atoms with Crippen LogP contribution in [0.15, 0.2) is 72.8 Å². The molecular formula is C26H25FN2O6. The summed E-state index contributed by atoms with van der Waals surface area (Å²) in [5, 5.41) is 5.34. The van der Waals surface area contributed by atoms with Crippen molar-refractivity contribution >= 4 is 23.5 Å². The first-order valence-corrected chi connectivity index (χ1v) is 10.7. The first-order valence-electron chi connectivity index (χ1n) is 10.7. The van der Waals surface area contributed by atoms with Gasteiger partial charge in [-0.25, -0.2) is 9.18 Å². The van der Waals surface area contributed by atoms with Gasteiger partial charge in [-0.15, -0.1) is 0 Å². The van der Waals surface area contributed by atoms with Crippen LogP contribution in [0.2, 0.25) is 0 Å². The fourth-order valence-corrected chi connectivity index (χ4v) is 3.11. The van der Waals surface area contributed by atoms with Gasteiger partial charge in [0.05, 0.1) is 18.7 Å². The van der Waals surface area contributed by atoms with E-state index in [1.165, 1.54) is 49.6 Å². The van der Waals surface area contributed by atoms with E-state index >= 15 is 0 Å². The van der Waals surface area contributed by atoms with E-state index in [0.29, 0.717) is 5.69 Å². The molecule has 2 N–H and O–H groups in total. The number of benzene rings is 3. The molecule has 3 aromatic carbocycles. The normalized spacial score (nSPS) is 11.2. The Labute approximate surface area is 202 Å². The van der Waals surface area contributed by atoms with Crippen molar-refractivity contribution in [1.29, 1.82) is 0 Å². The van der Waals surface area contributed by atoms with E-state index < -0.39 is 30.2 Å². The third-order valence-corrected chi connectivity index (χ3v) is 4.90. The number of rotatable bonds is 10. The van der Waals surface area contributed by atoms with Crippen molar-refractivity contribution in [1.82, 2.24) is 5.32 Å². The minimum atomic E-state index is -0.716. The molecule has 0 aliphatic rings. The number of nitrogens with one attached hydrogen (secondary N) is 2. The zero-order chi connectivity index (χ0) is 25.2. The van der Waals surface area contributed by atoms with Gasteiger partial charge in [-0.2, -0.15) is 0 Å². The average molecular weight is 480 g/mol. The van der Waals surface area contributed by atoms with E-state index in [1.807, 2.05) is 37.3 Å². The van der Waals surface area contributed by atoms with Crippen LogP contribution in [0, 0.1) is 5.82 Å². The third-order valence-electron chi connectivity index (χ3n) is 4.90. The summed E-state index contributed by atoms with van der Waals surface area (Å²) >= 11 is 0. The lowest BCUT2D eigenvalue weighted by atomic mass is 10.1. The fraction of sp³-hybridized carbons (Fsp3) is 0.192. The number of halogens is 1. The first-order chi connectivity index (χ1) is 16.9. The molecule has 0 fully saturated rings. The highest BCUT2D eigenvalue weighted by atomic mass is 19.1. The molecule has 182 valence electrons. The second-order valence-corrected chi connectivity index (χ2v) is 7.49. The van der Waals surface area contributed by atoms with Gasteiger partial charge >= 0.3 is 5.97 Å². The largest absolute Gasteiger partial charge is 0.493 e. The lowest BCUT2D eigenvalue weighted by molar-refractivity contribution is -0.124. The molecule has 0 saturated heterocycles. The van der Waals surface area contributed by atoms with E-state index in [1.54, 1.807) is 0 Å². The van der Waals surface area contributed by atoms with Crippen LogP contribution in [-0.4, -0.2) is 38.1 Å². The van der Waals surface area contributed by atoms with Crippen LogP contribution in [0.3, 0.4) is 0 Å². The molecule has 3 aromatic rings. The maximum Gasteiger partial charge on any atom is 0.338 e. The molecular weight excluding hydrogens is 455 g/mol. The molecule has 9 heteroatoms. The van der Waals surface area contributed by atoms with Gasteiger partial charge in [0.1, 0.15) is 5.82 Å². The molecule has 2 amide bonds. The van der Waals surface area contributed by atoms with E-state index in [2.05, 4.69) is 10.6 Å². The highest BCUT2D eigenvalue weighted by Gasteiger charge is 2.16. The van der Waals surface area contributed by atoms with Crippen molar-refractivity contribution in [2.24, 2.45) is 0 Å². The van der Waals surface area contributed by atoms with Gasteiger partial charge in [-0.1, -0.05) is 30.3 Å². The van der Waals surface area contributed by atoms with Crippen LogP contribution in [0.1, 0.15) is 28.9 Å². The van der Waals surface area contributed by atoms with E-state index in [-0.39, 0.29) is 29.7 Å². The Morgan fingerprint density at radius 2 is 1.60 bits per heavy atom. The summed E-state index contributed by atoms with van der Waals surface area (Å²) in [7, 11) is 1.38. The lowest BCUT2D eigenvalue weighted by Crippen LogP contribution is -2.31. The Bertz CT molecular complexity index is 1170. The molecule has 0 aliphatic heterocycles. The molecule has 0 bridgehead atoms.